The summed E-state index contributed by atoms with van der Waals surface area (Å²) in [6.07, 6.45) is 2.80. The normalized spacial score (nSPS) is 19.2. The van der Waals surface area contributed by atoms with Crippen LogP contribution in [0.3, 0.4) is 0 Å². The minimum absolute atomic E-state index is 0.0389. The predicted molar refractivity (Wildman–Crippen MR) is 82.0 cm³/mol. The maximum absolute atomic E-state index is 12.3. The maximum Gasteiger partial charge on any atom is 0.323 e. The number of carbonyl (C=O) groups excluding carboxylic acids is 2. The highest BCUT2D eigenvalue weighted by molar-refractivity contribution is 7.07. The molecule has 0 unspecified atom stereocenters. The number of hydrogen-bond acceptors (Lipinski definition) is 5. The van der Waals surface area contributed by atoms with Crippen LogP contribution >= 0.6 is 11.3 Å². The third-order valence-corrected chi connectivity index (χ3v) is 4.58. The molecule has 1 aliphatic rings. The van der Waals surface area contributed by atoms with E-state index in [0.29, 0.717) is 6.54 Å². The second-order valence-electron chi connectivity index (χ2n) is 5.39. The zero-order valence-corrected chi connectivity index (χ0v) is 13.4. The summed E-state index contributed by atoms with van der Waals surface area (Å²) in [5.41, 5.74) is 1.14. The van der Waals surface area contributed by atoms with Gasteiger partial charge in [-0.15, -0.1) is 0 Å². The van der Waals surface area contributed by atoms with E-state index >= 15 is 0 Å². The van der Waals surface area contributed by atoms with Gasteiger partial charge in [-0.2, -0.15) is 11.3 Å². The maximum atomic E-state index is 12.3. The standard InChI is InChI=1S/C15H22N2O3S/c1-16(9-12-6-8-21-11-12)14(18)10-17-7-4-3-5-13(17)15(19)20-2/h6,8,11,13H,3-5,7,9-10H2,1-2H3/t13-/m1/s1. The summed E-state index contributed by atoms with van der Waals surface area (Å²) in [4.78, 5) is 27.8. The zero-order chi connectivity index (χ0) is 15.2. The van der Waals surface area contributed by atoms with Gasteiger partial charge in [-0.3, -0.25) is 14.5 Å². The van der Waals surface area contributed by atoms with E-state index in [1.165, 1.54) is 7.11 Å². The van der Waals surface area contributed by atoms with Crippen molar-refractivity contribution in [2.45, 2.75) is 31.8 Å². The molecule has 2 rings (SSSR count). The van der Waals surface area contributed by atoms with Crippen LogP contribution in [0.4, 0.5) is 0 Å². The Labute approximate surface area is 129 Å². The number of ether oxygens (including phenoxy) is 1. The molecule has 21 heavy (non-hydrogen) atoms. The second kappa shape index (κ2) is 7.56. The molecular formula is C15H22N2O3S. The number of amides is 1. The van der Waals surface area contributed by atoms with Crippen LogP contribution in [-0.2, 0) is 20.9 Å². The molecule has 1 saturated heterocycles. The van der Waals surface area contributed by atoms with Gasteiger partial charge in [0.05, 0.1) is 13.7 Å². The third kappa shape index (κ3) is 4.28. The molecule has 0 aromatic carbocycles. The van der Waals surface area contributed by atoms with Crippen LogP contribution < -0.4 is 0 Å². The predicted octanol–water partition coefficient (Wildman–Crippen LogP) is 1.73. The Bertz CT molecular complexity index is 475. The molecule has 0 radical (unpaired) electrons. The highest BCUT2D eigenvalue weighted by Gasteiger charge is 2.31. The van der Waals surface area contributed by atoms with E-state index < -0.39 is 0 Å². The van der Waals surface area contributed by atoms with Gasteiger partial charge in [0.2, 0.25) is 5.91 Å². The number of hydrogen-bond donors (Lipinski definition) is 0. The van der Waals surface area contributed by atoms with Gasteiger partial charge in [0.1, 0.15) is 6.04 Å². The molecule has 1 aliphatic heterocycles. The lowest BCUT2D eigenvalue weighted by atomic mass is 10.0. The van der Waals surface area contributed by atoms with Gasteiger partial charge < -0.3 is 9.64 Å². The first kappa shape index (κ1) is 16.0. The van der Waals surface area contributed by atoms with Gasteiger partial charge in [0, 0.05) is 13.6 Å². The zero-order valence-electron chi connectivity index (χ0n) is 12.6. The Kier molecular flexibility index (Phi) is 5.76. The molecule has 1 amide bonds. The molecule has 1 atom stereocenters. The quantitative estimate of drug-likeness (QED) is 0.777. The number of esters is 1. The largest absolute Gasteiger partial charge is 0.468 e. The lowest BCUT2D eigenvalue weighted by Gasteiger charge is -2.34. The summed E-state index contributed by atoms with van der Waals surface area (Å²) in [5.74, 6) is -0.194. The number of methoxy groups -OCH3 is 1. The molecular weight excluding hydrogens is 288 g/mol. The number of carbonyl (C=O) groups is 2. The number of likely N-dealkylation sites (tertiary alicyclic amines) is 1. The summed E-state index contributed by atoms with van der Waals surface area (Å²) < 4.78 is 4.84. The first-order valence-electron chi connectivity index (χ1n) is 7.18. The Hall–Kier alpha value is -1.40. The van der Waals surface area contributed by atoms with E-state index in [2.05, 4.69) is 0 Å². The van der Waals surface area contributed by atoms with Crippen molar-refractivity contribution in [2.24, 2.45) is 0 Å². The highest BCUT2D eigenvalue weighted by atomic mass is 32.1. The van der Waals surface area contributed by atoms with Gasteiger partial charge >= 0.3 is 5.97 Å². The molecule has 6 heteroatoms. The summed E-state index contributed by atoms with van der Waals surface area (Å²) >= 11 is 1.63. The fourth-order valence-corrected chi connectivity index (χ4v) is 3.28. The van der Waals surface area contributed by atoms with Crippen LogP contribution in [0.25, 0.3) is 0 Å². The minimum atomic E-state index is -0.276. The monoisotopic (exact) mass is 310 g/mol. The van der Waals surface area contributed by atoms with Crippen molar-refractivity contribution in [1.82, 2.24) is 9.80 Å². The van der Waals surface area contributed by atoms with Gasteiger partial charge in [-0.1, -0.05) is 6.42 Å². The molecule has 2 heterocycles. The Balaban J connectivity index is 1.91. The summed E-state index contributed by atoms with van der Waals surface area (Å²) in [6, 6.07) is 1.74. The summed E-state index contributed by atoms with van der Waals surface area (Å²) in [7, 11) is 3.21. The smallest absolute Gasteiger partial charge is 0.323 e. The molecule has 116 valence electrons. The van der Waals surface area contributed by atoms with Gasteiger partial charge in [-0.05, 0) is 41.8 Å². The third-order valence-electron chi connectivity index (χ3n) is 3.85. The molecule has 0 saturated carbocycles. The summed E-state index contributed by atoms with van der Waals surface area (Å²) in [5, 5.41) is 4.05. The fraction of sp³-hybridized carbons (Fsp3) is 0.600. The van der Waals surface area contributed by atoms with E-state index in [9.17, 15) is 9.59 Å². The second-order valence-corrected chi connectivity index (χ2v) is 6.17. The van der Waals surface area contributed by atoms with Crippen molar-refractivity contribution in [3.8, 4) is 0 Å². The minimum Gasteiger partial charge on any atom is -0.468 e. The van der Waals surface area contributed by atoms with E-state index in [4.69, 9.17) is 4.74 Å². The van der Waals surface area contributed by atoms with Crippen LogP contribution in [0.15, 0.2) is 16.8 Å². The van der Waals surface area contributed by atoms with E-state index in [1.54, 1.807) is 23.3 Å². The van der Waals surface area contributed by atoms with Crippen molar-refractivity contribution in [3.63, 3.8) is 0 Å². The van der Waals surface area contributed by atoms with Crippen molar-refractivity contribution in [3.05, 3.63) is 22.4 Å². The van der Waals surface area contributed by atoms with Crippen molar-refractivity contribution < 1.29 is 14.3 Å². The number of nitrogens with zero attached hydrogens (tertiary/aromatic N) is 2. The number of thiophene rings is 1. The highest BCUT2D eigenvalue weighted by Crippen LogP contribution is 2.18. The fourth-order valence-electron chi connectivity index (χ4n) is 2.62. The first-order valence-corrected chi connectivity index (χ1v) is 8.13. The lowest BCUT2D eigenvalue weighted by Crippen LogP contribution is -2.49. The topological polar surface area (TPSA) is 49.9 Å². The molecule has 1 fully saturated rings. The average Bonchev–Trinajstić information content (AvgIpc) is 2.99. The van der Waals surface area contributed by atoms with Crippen molar-refractivity contribution >= 4 is 23.2 Å². The van der Waals surface area contributed by atoms with E-state index in [-0.39, 0.29) is 24.5 Å². The van der Waals surface area contributed by atoms with E-state index in [0.717, 1.165) is 31.4 Å². The number of likely N-dealkylation sites (N-methyl/N-ethyl adjacent to an activating group) is 1. The van der Waals surface area contributed by atoms with Gasteiger partial charge in [-0.25, -0.2) is 0 Å². The van der Waals surface area contributed by atoms with Gasteiger partial charge in [0.25, 0.3) is 0 Å². The van der Waals surface area contributed by atoms with Crippen molar-refractivity contribution in [2.75, 3.05) is 27.2 Å². The van der Waals surface area contributed by atoms with Crippen LogP contribution in [0, 0.1) is 0 Å². The van der Waals surface area contributed by atoms with Crippen molar-refractivity contribution in [1.29, 1.82) is 0 Å². The van der Waals surface area contributed by atoms with Crippen LogP contribution in [0.5, 0.6) is 0 Å². The first-order chi connectivity index (χ1) is 10.1. The number of rotatable bonds is 5. The lowest BCUT2D eigenvalue weighted by molar-refractivity contribution is -0.149. The SMILES string of the molecule is COC(=O)[C@H]1CCCCN1CC(=O)N(C)Cc1ccsc1. The molecule has 0 aliphatic carbocycles. The van der Waals surface area contributed by atoms with Crippen LogP contribution in [0.1, 0.15) is 24.8 Å². The van der Waals surface area contributed by atoms with Crippen LogP contribution in [-0.4, -0.2) is 55.0 Å². The van der Waals surface area contributed by atoms with Crippen LogP contribution in [0.2, 0.25) is 0 Å². The Morgan fingerprint density at radius 2 is 2.29 bits per heavy atom. The summed E-state index contributed by atoms with van der Waals surface area (Å²) in [6.45, 7) is 1.66. The number of piperidine rings is 1. The molecule has 1 aromatic rings. The molecule has 1 aromatic heterocycles. The molecule has 0 bridgehead atoms. The average molecular weight is 310 g/mol. The Morgan fingerprint density at radius 1 is 1.48 bits per heavy atom. The van der Waals surface area contributed by atoms with Gasteiger partial charge in [0.15, 0.2) is 0 Å². The molecule has 5 nitrogen and oxygen atoms in total. The molecule has 0 spiro atoms. The molecule has 0 N–H and O–H groups in total. The Morgan fingerprint density at radius 3 is 2.95 bits per heavy atom. The van der Waals surface area contributed by atoms with E-state index in [1.807, 2.05) is 21.7 Å².